The number of nitrogens with one attached hydrogen (secondary N) is 1. The van der Waals surface area contributed by atoms with E-state index in [0.29, 0.717) is 5.02 Å². The SMILES string of the molecule is O=C(O)C1CC(=O)N(CCNS(=O)(=O)c2ccc(Cl)cc2)C1. The maximum atomic E-state index is 12.0. The molecule has 1 aromatic rings. The minimum Gasteiger partial charge on any atom is -0.481 e. The molecule has 1 aliphatic heterocycles. The second kappa shape index (κ2) is 6.64. The number of aliphatic carboxylic acids is 1. The summed E-state index contributed by atoms with van der Waals surface area (Å²) < 4.78 is 26.4. The van der Waals surface area contributed by atoms with Gasteiger partial charge in [-0.15, -0.1) is 0 Å². The number of halogens is 1. The van der Waals surface area contributed by atoms with Gasteiger partial charge in [-0.1, -0.05) is 11.6 Å². The predicted octanol–water partition coefficient (Wildman–Crippen LogP) is 0.551. The van der Waals surface area contributed by atoms with E-state index in [9.17, 15) is 18.0 Å². The van der Waals surface area contributed by atoms with Crippen LogP contribution < -0.4 is 4.72 Å². The molecule has 0 radical (unpaired) electrons. The van der Waals surface area contributed by atoms with Gasteiger partial charge in [0.2, 0.25) is 15.9 Å². The number of hydrogen-bond acceptors (Lipinski definition) is 4. The van der Waals surface area contributed by atoms with Crippen LogP contribution in [0, 0.1) is 5.92 Å². The molecule has 1 saturated heterocycles. The van der Waals surface area contributed by atoms with Gasteiger partial charge in [-0.05, 0) is 24.3 Å². The third-order valence-electron chi connectivity index (χ3n) is 3.36. The average Bonchev–Trinajstić information content (AvgIpc) is 2.81. The number of carbonyl (C=O) groups is 2. The van der Waals surface area contributed by atoms with Gasteiger partial charge in [0.1, 0.15) is 0 Å². The molecule has 120 valence electrons. The van der Waals surface area contributed by atoms with Crippen LogP contribution >= 0.6 is 11.6 Å². The molecule has 1 aromatic carbocycles. The summed E-state index contributed by atoms with van der Waals surface area (Å²) in [6.07, 6.45) is -0.0424. The predicted molar refractivity (Wildman–Crippen MR) is 79.0 cm³/mol. The highest BCUT2D eigenvalue weighted by Gasteiger charge is 2.33. The minimum atomic E-state index is -3.68. The van der Waals surface area contributed by atoms with Crippen molar-refractivity contribution in [3.63, 3.8) is 0 Å². The van der Waals surface area contributed by atoms with E-state index in [-0.39, 0.29) is 36.9 Å². The molecule has 1 aliphatic rings. The second-order valence-corrected chi connectivity index (χ2v) is 7.13. The molecule has 1 fully saturated rings. The van der Waals surface area contributed by atoms with Crippen molar-refractivity contribution in [3.05, 3.63) is 29.3 Å². The van der Waals surface area contributed by atoms with Crippen LogP contribution in [0.1, 0.15) is 6.42 Å². The first-order chi connectivity index (χ1) is 10.3. The zero-order valence-electron chi connectivity index (χ0n) is 11.5. The smallest absolute Gasteiger partial charge is 0.308 e. The number of sulfonamides is 1. The van der Waals surface area contributed by atoms with E-state index in [1.54, 1.807) is 0 Å². The Labute approximate surface area is 132 Å². The molecule has 0 aromatic heterocycles. The fraction of sp³-hybridized carbons (Fsp3) is 0.385. The maximum absolute atomic E-state index is 12.0. The summed E-state index contributed by atoms with van der Waals surface area (Å²) in [4.78, 5) is 23.9. The largest absolute Gasteiger partial charge is 0.481 e. The number of hydrogen-bond donors (Lipinski definition) is 2. The molecule has 0 spiro atoms. The van der Waals surface area contributed by atoms with Gasteiger partial charge in [-0.2, -0.15) is 0 Å². The van der Waals surface area contributed by atoms with Crippen LogP contribution in [0.15, 0.2) is 29.2 Å². The lowest BCUT2D eigenvalue weighted by Crippen LogP contribution is -2.36. The van der Waals surface area contributed by atoms with E-state index in [1.807, 2.05) is 0 Å². The number of rotatable bonds is 6. The highest BCUT2D eigenvalue weighted by atomic mass is 35.5. The van der Waals surface area contributed by atoms with Gasteiger partial charge in [0, 0.05) is 31.1 Å². The van der Waals surface area contributed by atoms with Crippen molar-refractivity contribution >= 4 is 33.5 Å². The molecular formula is C13H15ClN2O5S. The molecule has 9 heteroatoms. The number of carboxylic acid groups (broad SMARTS) is 1. The monoisotopic (exact) mass is 346 g/mol. The van der Waals surface area contributed by atoms with E-state index >= 15 is 0 Å². The number of benzene rings is 1. The van der Waals surface area contributed by atoms with E-state index in [2.05, 4.69) is 4.72 Å². The lowest BCUT2D eigenvalue weighted by atomic mass is 10.1. The van der Waals surface area contributed by atoms with Crippen molar-refractivity contribution in [1.29, 1.82) is 0 Å². The van der Waals surface area contributed by atoms with Gasteiger partial charge < -0.3 is 10.0 Å². The van der Waals surface area contributed by atoms with Gasteiger partial charge in [-0.3, -0.25) is 9.59 Å². The number of carboxylic acids is 1. The third kappa shape index (κ3) is 3.96. The zero-order chi connectivity index (χ0) is 16.3. The molecule has 1 unspecified atom stereocenters. The van der Waals surface area contributed by atoms with Crippen LogP contribution in [-0.4, -0.2) is 49.9 Å². The van der Waals surface area contributed by atoms with Gasteiger partial charge in [0.05, 0.1) is 10.8 Å². The van der Waals surface area contributed by atoms with Crippen molar-refractivity contribution in [3.8, 4) is 0 Å². The number of likely N-dealkylation sites (tertiary alicyclic amines) is 1. The number of nitrogens with zero attached hydrogens (tertiary/aromatic N) is 1. The molecule has 2 rings (SSSR count). The lowest BCUT2D eigenvalue weighted by molar-refractivity contribution is -0.141. The van der Waals surface area contributed by atoms with Crippen molar-refractivity contribution in [1.82, 2.24) is 9.62 Å². The normalized spacial score (nSPS) is 18.7. The van der Waals surface area contributed by atoms with Crippen molar-refractivity contribution in [2.24, 2.45) is 5.92 Å². The number of carbonyl (C=O) groups excluding carboxylic acids is 1. The molecule has 0 bridgehead atoms. The summed E-state index contributed by atoms with van der Waals surface area (Å²) in [6, 6.07) is 5.70. The molecule has 7 nitrogen and oxygen atoms in total. The van der Waals surface area contributed by atoms with Crippen LogP contribution in [0.4, 0.5) is 0 Å². The van der Waals surface area contributed by atoms with Crippen LogP contribution in [0.5, 0.6) is 0 Å². The molecule has 1 heterocycles. The Morgan fingerprint density at radius 3 is 2.55 bits per heavy atom. The first-order valence-corrected chi connectivity index (χ1v) is 8.41. The molecular weight excluding hydrogens is 332 g/mol. The van der Waals surface area contributed by atoms with Gasteiger partial charge in [0.25, 0.3) is 0 Å². The van der Waals surface area contributed by atoms with Crippen LogP contribution in [0.2, 0.25) is 5.02 Å². The molecule has 0 aliphatic carbocycles. The van der Waals surface area contributed by atoms with Gasteiger partial charge in [0.15, 0.2) is 0 Å². The molecule has 1 atom stereocenters. The molecule has 0 saturated carbocycles. The standard InChI is InChI=1S/C13H15ClN2O5S/c14-10-1-3-11(4-2-10)22(20,21)15-5-6-16-8-9(13(18)19)7-12(16)17/h1-4,9,15H,5-8H2,(H,18,19). The zero-order valence-corrected chi connectivity index (χ0v) is 13.1. The minimum absolute atomic E-state index is 0.0169. The highest BCUT2D eigenvalue weighted by Crippen LogP contribution is 2.17. The Hall–Kier alpha value is -1.64. The third-order valence-corrected chi connectivity index (χ3v) is 5.09. The molecule has 22 heavy (non-hydrogen) atoms. The maximum Gasteiger partial charge on any atom is 0.308 e. The summed E-state index contributed by atoms with van der Waals surface area (Å²) in [5, 5.41) is 9.31. The Bertz CT molecular complexity index is 674. The highest BCUT2D eigenvalue weighted by molar-refractivity contribution is 7.89. The summed E-state index contributed by atoms with van der Waals surface area (Å²) in [6.45, 7) is 0.259. The summed E-state index contributed by atoms with van der Waals surface area (Å²) in [7, 11) is -3.68. The van der Waals surface area contributed by atoms with E-state index in [1.165, 1.54) is 29.2 Å². The van der Waals surface area contributed by atoms with E-state index in [0.717, 1.165) is 0 Å². The molecule has 2 N–H and O–H groups in total. The van der Waals surface area contributed by atoms with Crippen molar-refractivity contribution < 1.29 is 23.1 Å². The molecule has 1 amide bonds. The van der Waals surface area contributed by atoms with Gasteiger partial charge >= 0.3 is 5.97 Å². The Morgan fingerprint density at radius 2 is 2.00 bits per heavy atom. The Balaban J connectivity index is 1.89. The topological polar surface area (TPSA) is 104 Å². The summed E-state index contributed by atoms with van der Waals surface area (Å²) >= 11 is 5.70. The van der Waals surface area contributed by atoms with Crippen molar-refractivity contribution in [2.75, 3.05) is 19.6 Å². The van der Waals surface area contributed by atoms with Gasteiger partial charge in [-0.25, -0.2) is 13.1 Å². The lowest BCUT2D eigenvalue weighted by Gasteiger charge is -2.16. The summed E-state index contributed by atoms with van der Waals surface area (Å²) in [5.41, 5.74) is 0. The summed E-state index contributed by atoms with van der Waals surface area (Å²) in [5.74, 6) is -2.02. The van der Waals surface area contributed by atoms with Crippen molar-refractivity contribution in [2.45, 2.75) is 11.3 Å². The van der Waals surface area contributed by atoms with E-state index in [4.69, 9.17) is 16.7 Å². The average molecular weight is 347 g/mol. The van der Waals surface area contributed by atoms with Crippen LogP contribution in [0.25, 0.3) is 0 Å². The number of amides is 1. The van der Waals surface area contributed by atoms with E-state index < -0.39 is 21.9 Å². The fourth-order valence-corrected chi connectivity index (χ4v) is 3.31. The van der Waals surface area contributed by atoms with Crippen LogP contribution in [0.3, 0.4) is 0 Å². The first kappa shape index (κ1) is 16.7. The van der Waals surface area contributed by atoms with Crippen LogP contribution in [-0.2, 0) is 19.6 Å². The second-order valence-electron chi connectivity index (χ2n) is 4.93. The quantitative estimate of drug-likeness (QED) is 0.783. The Kier molecular flexibility index (Phi) is 5.05. The Morgan fingerprint density at radius 1 is 1.36 bits per heavy atom. The first-order valence-electron chi connectivity index (χ1n) is 6.55. The fourth-order valence-electron chi connectivity index (χ4n) is 2.17.